The molecule has 0 bridgehead atoms. The standard InChI is InChI=1S/C25H38N2O2/c1-19-5-7-20(8-6-19)9-10-21-11-15-26(16-12-21)23(28)22-13-17-27(18-14-22)24(29)25(2,3)4/h5-8,21-22H,9-18H2,1-4H3. The van der Waals surface area contributed by atoms with Gasteiger partial charge in [0.2, 0.25) is 11.8 Å². The number of hydrogen-bond donors (Lipinski definition) is 0. The van der Waals surface area contributed by atoms with Gasteiger partial charge in [0.25, 0.3) is 0 Å². The van der Waals surface area contributed by atoms with Crippen LogP contribution in [-0.4, -0.2) is 47.8 Å². The zero-order valence-electron chi connectivity index (χ0n) is 18.7. The molecule has 4 nitrogen and oxygen atoms in total. The number of amides is 2. The van der Waals surface area contributed by atoms with Crippen molar-refractivity contribution in [1.82, 2.24) is 9.80 Å². The number of aryl methyl sites for hydroxylation is 2. The summed E-state index contributed by atoms with van der Waals surface area (Å²) in [4.78, 5) is 29.4. The van der Waals surface area contributed by atoms with Crippen molar-refractivity contribution in [3.63, 3.8) is 0 Å². The van der Waals surface area contributed by atoms with Crippen molar-refractivity contribution < 1.29 is 9.59 Å². The maximum absolute atomic E-state index is 13.0. The molecule has 0 saturated carbocycles. The lowest BCUT2D eigenvalue weighted by molar-refractivity contribution is -0.145. The molecule has 29 heavy (non-hydrogen) atoms. The lowest BCUT2D eigenvalue weighted by atomic mass is 9.88. The van der Waals surface area contributed by atoms with E-state index in [9.17, 15) is 9.59 Å². The van der Waals surface area contributed by atoms with Crippen molar-refractivity contribution in [2.45, 2.75) is 66.2 Å². The second-order valence-electron chi connectivity index (χ2n) is 10.1. The van der Waals surface area contributed by atoms with Crippen LogP contribution in [0.25, 0.3) is 0 Å². The summed E-state index contributed by atoms with van der Waals surface area (Å²) in [6.45, 7) is 11.3. The van der Waals surface area contributed by atoms with Gasteiger partial charge in [-0.3, -0.25) is 9.59 Å². The van der Waals surface area contributed by atoms with E-state index in [0.29, 0.717) is 5.91 Å². The minimum atomic E-state index is -0.336. The highest BCUT2D eigenvalue weighted by molar-refractivity contribution is 5.82. The first-order chi connectivity index (χ1) is 13.7. The van der Waals surface area contributed by atoms with E-state index in [-0.39, 0.29) is 17.2 Å². The zero-order valence-corrected chi connectivity index (χ0v) is 18.7. The van der Waals surface area contributed by atoms with Crippen LogP contribution >= 0.6 is 0 Å². The summed E-state index contributed by atoms with van der Waals surface area (Å²) in [5, 5.41) is 0. The van der Waals surface area contributed by atoms with E-state index < -0.39 is 0 Å². The molecular weight excluding hydrogens is 360 g/mol. The number of likely N-dealkylation sites (tertiary alicyclic amines) is 2. The SMILES string of the molecule is Cc1ccc(CCC2CCN(C(=O)C3CCN(C(=O)C(C)(C)C)CC3)CC2)cc1. The highest BCUT2D eigenvalue weighted by Crippen LogP contribution is 2.28. The summed E-state index contributed by atoms with van der Waals surface area (Å²) in [5.74, 6) is 1.36. The third-order valence-electron chi connectivity index (χ3n) is 6.66. The minimum absolute atomic E-state index is 0.100. The molecule has 4 heteroatoms. The normalized spacial score (nSPS) is 19.4. The molecule has 1 aromatic carbocycles. The Labute approximate surface area is 176 Å². The van der Waals surface area contributed by atoms with Crippen LogP contribution in [0.3, 0.4) is 0 Å². The summed E-state index contributed by atoms with van der Waals surface area (Å²) in [6, 6.07) is 8.86. The third-order valence-corrected chi connectivity index (χ3v) is 6.66. The molecule has 2 saturated heterocycles. The Morgan fingerprint density at radius 3 is 2.00 bits per heavy atom. The Hall–Kier alpha value is -1.84. The number of carbonyl (C=O) groups excluding carboxylic acids is 2. The first kappa shape index (κ1) is 21.9. The number of hydrogen-bond acceptors (Lipinski definition) is 2. The molecule has 0 spiro atoms. The Morgan fingerprint density at radius 1 is 0.897 bits per heavy atom. The maximum Gasteiger partial charge on any atom is 0.227 e. The molecule has 0 aromatic heterocycles. The van der Waals surface area contributed by atoms with Gasteiger partial charge in [0.05, 0.1) is 0 Å². The molecule has 3 rings (SSSR count). The van der Waals surface area contributed by atoms with Gasteiger partial charge in [-0.1, -0.05) is 50.6 Å². The fourth-order valence-corrected chi connectivity index (χ4v) is 4.63. The lowest BCUT2D eigenvalue weighted by Crippen LogP contribution is -2.48. The highest BCUT2D eigenvalue weighted by Gasteiger charge is 2.34. The summed E-state index contributed by atoms with van der Waals surface area (Å²) in [6.07, 6.45) is 6.23. The van der Waals surface area contributed by atoms with Crippen LogP contribution in [0, 0.1) is 24.2 Å². The number of piperidine rings is 2. The van der Waals surface area contributed by atoms with Crippen molar-refractivity contribution >= 4 is 11.8 Å². The zero-order chi connectivity index (χ0) is 21.0. The number of benzene rings is 1. The van der Waals surface area contributed by atoms with Gasteiger partial charge in [-0.25, -0.2) is 0 Å². The fourth-order valence-electron chi connectivity index (χ4n) is 4.63. The molecule has 2 aliphatic rings. The minimum Gasteiger partial charge on any atom is -0.342 e. The lowest BCUT2D eigenvalue weighted by Gasteiger charge is -2.38. The molecule has 160 valence electrons. The van der Waals surface area contributed by atoms with Crippen molar-refractivity contribution in [3.8, 4) is 0 Å². The third kappa shape index (κ3) is 5.83. The van der Waals surface area contributed by atoms with Crippen LogP contribution in [-0.2, 0) is 16.0 Å². The van der Waals surface area contributed by atoms with Crippen LogP contribution < -0.4 is 0 Å². The van der Waals surface area contributed by atoms with E-state index in [1.54, 1.807) is 0 Å². The van der Waals surface area contributed by atoms with E-state index in [1.807, 2.05) is 25.7 Å². The monoisotopic (exact) mass is 398 g/mol. The quantitative estimate of drug-likeness (QED) is 0.752. The van der Waals surface area contributed by atoms with Crippen LogP contribution in [0.5, 0.6) is 0 Å². The van der Waals surface area contributed by atoms with Gasteiger partial charge >= 0.3 is 0 Å². The number of nitrogens with zero attached hydrogens (tertiary/aromatic N) is 2. The summed E-state index contributed by atoms with van der Waals surface area (Å²) < 4.78 is 0. The Bertz CT molecular complexity index is 689. The van der Waals surface area contributed by atoms with Crippen molar-refractivity contribution in [3.05, 3.63) is 35.4 Å². The Balaban J connectivity index is 1.40. The first-order valence-electron chi connectivity index (χ1n) is 11.4. The second-order valence-corrected chi connectivity index (χ2v) is 10.1. The molecule has 0 unspecified atom stereocenters. The molecule has 0 radical (unpaired) electrons. The van der Waals surface area contributed by atoms with E-state index >= 15 is 0 Å². The fraction of sp³-hybridized carbons (Fsp3) is 0.680. The van der Waals surface area contributed by atoms with Gasteiger partial charge in [0, 0.05) is 37.5 Å². The average Bonchev–Trinajstić information content (AvgIpc) is 2.72. The molecule has 1 aromatic rings. The van der Waals surface area contributed by atoms with Crippen LogP contribution in [0.4, 0.5) is 0 Å². The van der Waals surface area contributed by atoms with E-state index in [2.05, 4.69) is 36.1 Å². The summed E-state index contributed by atoms with van der Waals surface area (Å²) >= 11 is 0. The molecule has 2 heterocycles. The molecule has 2 amide bonds. The largest absolute Gasteiger partial charge is 0.342 e. The van der Waals surface area contributed by atoms with E-state index in [0.717, 1.165) is 64.2 Å². The number of rotatable bonds is 4. The first-order valence-corrected chi connectivity index (χ1v) is 11.4. The predicted octanol–water partition coefficient (Wildman–Crippen LogP) is 4.45. The van der Waals surface area contributed by atoms with Crippen molar-refractivity contribution in [2.24, 2.45) is 17.3 Å². The molecule has 0 aliphatic carbocycles. The van der Waals surface area contributed by atoms with Crippen LogP contribution in [0.1, 0.15) is 64.0 Å². The molecule has 0 N–H and O–H groups in total. The van der Waals surface area contributed by atoms with Crippen molar-refractivity contribution in [2.75, 3.05) is 26.2 Å². The average molecular weight is 399 g/mol. The van der Waals surface area contributed by atoms with Gasteiger partial charge in [-0.05, 0) is 56.9 Å². The van der Waals surface area contributed by atoms with Gasteiger partial charge < -0.3 is 9.80 Å². The number of carbonyl (C=O) groups is 2. The topological polar surface area (TPSA) is 40.6 Å². The second kappa shape index (κ2) is 9.32. The summed E-state index contributed by atoms with van der Waals surface area (Å²) in [5.41, 5.74) is 2.40. The van der Waals surface area contributed by atoms with Gasteiger partial charge in [0.1, 0.15) is 0 Å². The smallest absolute Gasteiger partial charge is 0.227 e. The van der Waals surface area contributed by atoms with Gasteiger partial charge in [-0.2, -0.15) is 0 Å². The van der Waals surface area contributed by atoms with Gasteiger partial charge in [-0.15, -0.1) is 0 Å². The maximum atomic E-state index is 13.0. The van der Waals surface area contributed by atoms with E-state index in [1.165, 1.54) is 17.5 Å². The summed E-state index contributed by atoms with van der Waals surface area (Å²) in [7, 11) is 0. The van der Waals surface area contributed by atoms with Crippen LogP contribution in [0.15, 0.2) is 24.3 Å². The van der Waals surface area contributed by atoms with Gasteiger partial charge in [0.15, 0.2) is 0 Å². The van der Waals surface area contributed by atoms with E-state index in [4.69, 9.17) is 0 Å². The molecule has 2 fully saturated rings. The molecule has 2 aliphatic heterocycles. The Morgan fingerprint density at radius 2 is 1.45 bits per heavy atom. The molecule has 0 atom stereocenters. The van der Waals surface area contributed by atoms with Crippen LogP contribution in [0.2, 0.25) is 0 Å². The predicted molar refractivity (Wildman–Crippen MR) is 118 cm³/mol. The Kier molecular flexibility index (Phi) is 7.02. The van der Waals surface area contributed by atoms with Crippen molar-refractivity contribution in [1.29, 1.82) is 0 Å². The molecular formula is C25H38N2O2. The highest BCUT2D eigenvalue weighted by atomic mass is 16.2.